The molecule has 6 nitrogen and oxygen atoms in total. The highest BCUT2D eigenvalue weighted by Crippen LogP contribution is 2.36. The van der Waals surface area contributed by atoms with Crippen LogP contribution in [0.3, 0.4) is 0 Å². The third kappa shape index (κ3) is 4.78. The summed E-state index contributed by atoms with van der Waals surface area (Å²) in [6.07, 6.45) is 4.52. The Morgan fingerprint density at radius 2 is 1.84 bits per heavy atom. The SMILES string of the molecule is CC(C)(C)OC(=O)NC1CCN(c2c(-c3cc(F)cc(F)c3)cnn3cccc23)CC1. The molecule has 0 bridgehead atoms. The fraction of sp³-hybridized carbons (Fsp3) is 0.391. The number of anilines is 1. The number of piperidine rings is 1. The normalized spacial score (nSPS) is 15.3. The predicted octanol–water partition coefficient (Wildman–Crippen LogP) is 4.77. The lowest BCUT2D eigenvalue weighted by Gasteiger charge is -2.35. The summed E-state index contributed by atoms with van der Waals surface area (Å²) in [4.78, 5) is 14.3. The summed E-state index contributed by atoms with van der Waals surface area (Å²) in [6, 6.07) is 7.33. The number of hydrogen-bond donors (Lipinski definition) is 1. The minimum atomic E-state index is -0.628. The van der Waals surface area contributed by atoms with E-state index in [9.17, 15) is 13.6 Å². The zero-order chi connectivity index (χ0) is 22.2. The van der Waals surface area contributed by atoms with E-state index in [4.69, 9.17) is 4.74 Å². The smallest absolute Gasteiger partial charge is 0.407 e. The Kier molecular flexibility index (Phi) is 5.56. The molecule has 0 radical (unpaired) electrons. The second-order valence-electron chi connectivity index (χ2n) is 8.81. The summed E-state index contributed by atoms with van der Waals surface area (Å²) in [7, 11) is 0. The van der Waals surface area contributed by atoms with Crippen molar-refractivity contribution in [2.45, 2.75) is 45.3 Å². The van der Waals surface area contributed by atoms with E-state index < -0.39 is 23.3 Å². The lowest BCUT2D eigenvalue weighted by molar-refractivity contribution is 0.0497. The molecular formula is C23H26F2N4O2. The Bertz CT molecular complexity index is 1080. The van der Waals surface area contributed by atoms with Crippen molar-refractivity contribution in [2.24, 2.45) is 0 Å². The second-order valence-corrected chi connectivity index (χ2v) is 8.81. The molecule has 1 N–H and O–H groups in total. The van der Waals surface area contributed by atoms with Gasteiger partial charge < -0.3 is 15.0 Å². The molecule has 3 heterocycles. The second kappa shape index (κ2) is 8.17. The molecule has 1 aliphatic rings. The van der Waals surface area contributed by atoms with Crippen molar-refractivity contribution in [1.29, 1.82) is 0 Å². The number of carbonyl (C=O) groups excluding carboxylic acids is 1. The Morgan fingerprint density at radius 3 is 2.48 bits per heavy atom. The molecule has 0 saturated carbocycles. The number of benzene rings is 1. The topological polar surface area (TPSA) is 58.9 Å². The summed E-state index contributed by atoms with van der Waals surface area (Å²) >= 11 is 0. The van der Waals surface area contributed by atoms with Crippen LogP contribution in [-0.4, -0.2) is 40.4 Å². The van der Waals surface area contributed by atoms with Crippen LogP contribution in [0.4, 0.5) is 19.3 Å². The van der Waals surface area contributed by atoms with Crippen molar-refractivity contribution in [3.63, 3.8) is 0 Å². The van der Waals surface area contributed by atoms with Gasteiger partial charge >= 0.3 is 6.09 Å². The molecule has 3 aromatic rings. The molecule has 1 saturated heterocycles. The third-order valence-corrected chi connectivity index (χ3v) is 5.24. The highest BCUT2D eigenvalue weighted by atomic mass is 19.1. The molecule has 0 atom stereocenters. The first-order valence-corrected chi connectivity index (χ1v) is 10.4. The van der Waals surface area contributed by atoms with Crippen LogP contribution >= 0.6 is 0 Å². The highest BCUT2D eigenvalue weighted by Gasteiger charge is 2.26. The molecule has 1 aliphatic heterocycles. The summed E-state index contributed by atoms with van der Waals surface area (Å²) in [5.74, 6) is -1.26. The van der Waals surface area contributed by atoms with Crippen molar-refractivity contribution < 1.29 is 18.3 Å². The summed E-state index contributed by atoms with van der Waals surface area (Å²) < 4.78 is 34.9. The molecule has 4 rings (SSSR count). The van der Waals surface area contributed by atoms with E-state index in [1.807, 2.05) is 39.1 Å². The first-order valence-electron chi connectivity index (χ1n) is 10.4. The number of alkyl carbamates (subject to hydrolysis) is 1. The minimum absolute atomic E-state index is 0.00538. The van der Waals surface area contributed by atoms with Crippen LogP contribution in [0.15, 0.2) is 42.7 Å². The van der Waals surface area contributed by atoms with Gasteiger partial charge in [-0.05, 0) is 63.4 Å². The lowest BCUT2D eigenvalue weighted by atomic mass is 10.0. The van der Waals surface area contributed by atoms with Gasteiger partial charge in [-0.1, -0.05) is 0 Å². The molecule has 1 aromatic carbocycles. The molecule has 31 heavy (non-hydrogen) atoms. The average molecular weight is 428 g/mol. The van der Waals surface area contributed by atoms with Crippen molar-refractivity contribution in [1.82, 2.24) is 14.9 Å². The van der Waals surface area contributed by atoms with Crippen LogP contribution in [0.25, 0.3) is 16.6 Å². The van der Waals surface area contributed by atoms with Crippen LogP contribution in [0, 0.1) is 11.6 Å². The first-order chi connectivity index (χ1) is 14.7. The first kappa shape index (κ1) is 21.1. The number of rotatable bonds is 3. The molecular weight excluding hydrogens is 402 g/mol. The number of nitrogens with zero attached hydrogens (tertiary/aromatic N) is 3. The molecule has 0 aliphatic carbocycles. The number of halogens is 2. The maximum Gasteiger partial charge on any atom is 0.407 e. The van der Waals surface area contributed by atoms with Crippen LogP contribution in [0.1, 0.15) is 33.6 Å². The van der Waals surface area contributed by atoms with Crippen molar-refractivity contribution in [2.75, 3.05) is 18.0 Å². The number of hydrogen-bond acceptors (Lipinski definition) is 4. The maximum atomic E-state index is 13.9. The molecule has 8 heteroatoms. The quantitative estimate of drug-likeness (QED) is 0.653. The average Bonchev–Trinajstić information content (AvgIpc) is 3.14. The van der Waals surface area contributed by atoms with Gasteiger partial charge in [0.2, 0.25) is 0 Å². The summed E-state index contributed by atoms with van der Waals surface area (Å²) in [5.41, 5.74) is 2.31. The van der Waals surface area contributed by atoms with Crippen LogP contribution < -0.4 is 10.2 Å². The highest BCUT2D eigenvalue weighted by molar-refractivity contribution is 5.89. The van der Waals surface area contributed by atoms with E-state index in [2.05, 4.69) is 15.3 Å². The number of amides is 1. The van der Waals surface area contributed by atoms with E-state index in [-0.39, 0.29) is 6.04 Å². The van der Waals surface area contributed by atoms with E-state index in [0.717, 1.165) is 30.1 Å². The van der Waals surface area contributed by atoms with Crippen LogP contribution in [-0.2, 0) is 4.74 Å². The molecule has 0 spiro atoms. The number of carbonyl (C=O) groups is 1. The largest absolute Gasteiger partial charge is 0.444 e. The molecule has 0 unspecified atom stereocenters. The maximum absolute atomic E-state index is 13.9. The zero-order valence-electron chi connectivity index (χ0n) is 17.9. The van der Waals surface area contributed by atoms with Gasteiger partial charge in [0, 0.05) is 37.0 Å². The van der Waals surface area contributed by atoms with Gasteiger partial charge in [0.1, 0.15) is 17.2 Å². The Hall–Kier alpha value is -3.16. The van der Waals surface area contributed by atoms with Gasteiger partial charge in [-0.2, -0.15) is 5.10 Å². The monoisotopic (exact) mass is 428 g/mol. The summed E-state index contributed by atoms with van der Waals surface area (Å²) in [6.45, 7) is 6.85. The number of fused-ring (bicyclic) bond motifs is 1. The van der Waals surface area contributed by atoms with E-state index in [1.165, 1.54) is 12.1 Å². The van der Waals surface area contributed by atoms with Gasteiger partial charge in [-0.25, -0.2) is 18.1 Å². The van der Waals surface area contributed by atoms with E-state index >= 15 is 0 Å². The number of aromatic nitrogens is 2. The van der Waals surface area contributed by atoms with Gasteiger partial charge in [0.15, 0.2) is 0 Å². The Labute approximate surface area is 179 Å². The molecule has 1 amide bonds. The Balaban J connectivity index is 1.59. The number of ether oxygens (including phenoxy) is 1. The standard InChI is InChI=1S/C23H26F2N4O2/c1-23(2,3)31-22(30)27-18-6-9-28(10-7-18)21-19(14-26-29-8-4-5-20(21)29)15-11-16(24)13-17(25)12-15/h4-5,8,11-14,18H,6-7,9-10H2,1-3H3,(H,27,30). The zero-order valence-corrected chi connectivity index (χ0v) is 17.9. The fourth-order valence-corrected chi connectivity index (χ4v) is 3.95. The van der Waals surface area contributed by atoms with Gasteiger partial charge in [0.25, 0.3) is 0 Å². The van der Waals surface area contributed by atoms with Gasteiger partial charge in [-0.15, -0.1) is 0 Å². The van der Waals surface area contributed by atoms with Gasteiger partial charge in [-0.3, -0.25) is 0 Å². The fourth-order valence-electron chi connectivity index (χ4n) is 3.95. The van der Waals surface area contributed by atoms with Crippen molar-refractivity contribution in [3.8, 4) is 11.1 Å². The van der Waals surface area contributed by atoms with Crippen molar-refractivity contribution >= 4 is 17.3 Å². The Morgan fingerprint density at radius 1 is 1.16 bits per heavy atom. The predicted molar refractivity (Wildman–Crippen MR) is 115 cm³/mol. The molecule has 1 fully saturated rings. The molecule has 164 valence electrons. The van der Waals surface area contributed by atoms with Crippen LogP contribution in [0.2, 0.25) is 0 Å². The van der Waals surface area contributed by atoms with E-state index in [0.29, 0.717) is 24.2 Å². The van der Waals surface area contributed by atoms with E-state index in [1.54, 1.807) is 10.7 Å². The lowest BCUT2D eigenvalue weighted by Crippen LogP contribution is -2.46. The minimum Gasteiger partial charge on any atom is -0.444 e. The molecule has 2 aromatic heterocycles. The van der Waals surface area contributed by atoms with Crippen LogP contribution in [0.5, 0.6) is 0 Å². The van der Waals surface area contributed by atoms with Crippen molar-refractivity contribution in [3.05, 3.63) is 54.4 Å². The van der Waals surface area contributed by atoms with Gasteiger partial charge in [0.05, 0.1) is 17.4 Å². The number of nitrogens with one attached hydrogen (secondary N) is 1. The summed E-state index contributed by atoms with van der Waals surface area (Å²) in [5, 5.41) is 7.33. The third-order valence-electron chi connectivity index (χ3n) is 5.24.